The Kier molecular flexibility index (Phi) is 3.13. The lowest BCUT2D eigenvalue weighted by Gasteiger charge is -2.09. The first kappa shape index (κ1) is 11.6. The van der Waals surface area contributed by atoms with Crippen molar-refractivity contribution in [3.8, 4) is 17.0 Å². The van der Waals surface area contributed by atoms with Gasteiger partial charge in [0.2, 0.25) is 0 Å². The average Bonchev–Trinajstić information content (AvgIpc) is 2.31. The maximum absolute atomic E-state index is 9.94. The highest BCUT2D eigenvalue weighted by atomic mass is 16.3. The van der Waals surface area contributed by atoms with Gasteiger partial charge < -0.3 is 5.11 Å². The van der Waals surface area contributed by atoms with E-state index in [0.717, 1.165) is 12.0 Å². The normalized spacial score (nSPS) is 10.5. The molecule has 0 saturated carbocycles. The summed E-state index contributed by atoms with van der Waals surface area (Å²) < 4.78 is 0. The molecule has 0 fully saturated rings. The number of aryl methyl sites for hydroxylation is 2. The summed E-state index contributed by atoms with van der Waals surface area (Å²) in [6, 6.07) is 7.14. The van der Waals surface area contributed by atoms with Crippen LogP contribution in [0.3, 0.4) is 0 Å². The maximum atomic E-state index is 9.94. The minimum Gasteiger partial charge on any atom is -0.507 e. The van der Waals surface area contributed by atoms with Crippen molar-refractivity contribution in [1.29, 1.82) is 0 Å². The fourth-order valence-corrected chi connectivity index (χ4v) is 1.81. The molecule has 0 saturated heterocycles. The number of benzene rings is 1. The first-order valence-electron chi connectivity index (χ1n) is 5.54. The molecule has 3 nitrogen and oxygen atoms in total. The summed E-state index contributed by atoms with van der Waals surface area (Å²) in [6.45, 7) is 4.06. The molecule has 0 amide bonds. The molecule has 1 aromatic carbocycles. The molecule has 0 spiro atoms. The van der Waals surface area contributed by atoms with Crippen LogP contribution in [0.4, 0.5) is 0 Å². The van der Waals surface area contributed by atoms with Crippen LogP contribution in [0.1, 0.15) is 18.1 Å². The molecule has 2 rings (SSSR count). The topological polar surface area (TPSA) is 46.0 Å². The van der Waals surface area contributed by atoms with E-state index in [2.05, 4.69) is 17.1 Å². The Hall–Kier alpha value is -1.84. The molecule has 0 atom stereocenters. The lowest BCUT2D eigenvalue weighted by atomic mass is 9.99. The fourth-order valence-electron chi connectivity index (χ4n) is 1.81. The van der Waals surface area contributed by atoms with Gasteiger partial charge in [-0.2, -0.15) is 10.2 Å². The summed E-state index contributed by atoms with van der Waals surface area (Å²) in [4.78, 5) is 0. The first-order chi connectivity index (χ1) is 8.11. The van der Waals surface area contributed by atoms with Crippen LogP contribution >= 0.6 is 0 Å². The standard InChI is InChI=1S/C13H13BN2O/c1-3-9-7-10(12(17)6-8(9)2)11-4-5-13(14)16-15-11/h4-7,17H,3H2,1-2H3. The van der Waals surface area contributed by atoms with Gasteiger partial charge in [0, 0.05) is 11.2 Å². The van der Waals surface area contributed by atoms with E-state index in [1.807, 2.05) is 13.0 Å². The largest absolute Gasteiger partial charge is 0.507 e. The fraction of sp³-hybridized carbons (Fsp3) is 0.231. The summed E-state index contributed by atoms with van der Waals surface area (Å²) in [7, 11) is 5.49. The third-order valence-electron chi connectivity index (χ3n) is 2.80. The molecule has 1 N–H and O–H groups in total. The number of hydrogen-bond donors (Lipinski definition) is 1. The summed E-state index contributed by atoms with van der Waals surface area (Å²) in [6.07, 6.45) is 0.918. The number of aromatic nitrogens is 2. The quantitative estimate of drug-likeness (QED) is 0.786. The molecule has 84 valence electrons. The third kappa shape index (κ3) is 2.30. The van der Waals surface area contributed by atoms with Gasteiger partial charge in [-0.15, -0.1) is 0 Å². The van der Waals surface area contributed by atoms with E-state index in [9.17, 15) is 5.11 Å². The predicted octanol–water partition coefficient (Wildman–Crippen LogP) is 1.51. The van der Waals surface area contributed by atoms with Crippen molar-refractivity contribution in [3.63, 3.8) is 0 Å². The highest BCUT2D eigenvalue weighted by molar-refractivity contribution is 6.30. The second-order valence-electron chi connectivity index (χ2n) is 3.99. The van der Waals surface area contributed by atoms with Crippen LogP contribution in [0.15, 0.2) is 24.3 Å². The minimum atomic E-state index is 0.221. The Morgan fingerprint density at radius 1 is 1.24 bits per heavy atom. The lowest BCUT2D eigenvalue weighted by Crippen LogP contribution is -2.09. The number of aromatic hydroxyl groups is 1. The van der Waals surface area contributed by atoms with E-state index in [-0.39, 0.29) is 5.75 Å². The molecule has 0 bridgehead atoms. The van der Waals surface area contributed by atoms with Gasteiger partial charge in [-0.3, -0.25) is 0 Å². The van der Waals surface area contributed by atoms with Crippen LogP contribution in [0.5, 0.6) is 5.75 Å². The molecule has 1 heterocycles. The van der Waals surface area contributed by atoms with E-state index in [1.165, 1.54) is 5.56 Å². The molecule has 2 radical (unpaired) electrons. The molecule has 2 aromatic rings. The van der Waals surface area contributed by atoms with Crippen molar-refractivity contribution in [2.45, 2.75) is 20.3 Å². The highest BCUT2D eigenvalue weighted by Gasteiger charge is 2.09. The number of nitrogens with zero attached hydrogens (tertiary/aromatic N) is 2. The van der Waals surface area contributed by atoms with Gasteiger partial charge in [0.1, 0.15) is 13.6 Å². The Morgan fingerprint density at radius 3 is 2.59 bits per heavy atom. The molecule has 0 aliphatic heterocycles. The average molecular weight is 224 g/mol. The molecule has 0 unspecified atom stereocenters. The van der Waals surface area contributed by atoms with E-state index < -0.39 is 0 Å². The van der Waals surface area contributed by atoms with Gasteiger partial charge in [0.05, 0.1) is 5.69 Å². The van der Waals surface area contributed by atoms with Gasteiger partial charge in [-0.05, 0) is 48.7 Å². The summed E-state index contributed by atoms with van der Waals surface area (Å²) in [5, 5.41) is 17.7. The van der Waals surface area contributed by atoms with Crippen LogP contribution in [-0.4, -0.2) is 23.2 Å². The second-order valence-corrected chi connectivity index (χ2v) is 3.99. The third-order valence-corrected chi connectivity index (χ3v) is 2.80. The highest BCUT2D eigenvalue weighted by Crippen LogP contribution is 2.30. The Balaban J connectivity index is 2.55. The summed E-state index contributed by atoms with van der Waals surface area (Å²) >= 11 is 0. The number of phenols is 1. The van der Waals surface area contributed by atoms with E-state index in [0.29, 0.717) is 16.9 Å². The van der Waals surface area contributed by atoms with Crippen LogP contribution in [0.25, 0.3) is 11.3 Å². The van der Waals surface area contributed by atoms with Crippen molar-refractivity contribution in [2.75, 3.05) is 0 Å². The van der Waals surface area contributed by atoms with Crippen molar-refractivity contribution >= 4 is 13.4 Å². The van der Waals surface area contributed by atoms with Gasteiger partial charge in [0.25, 0.3) is 0 Å². The molecule has 4 heteroatoms. The number of rotatable bonds is 2. The Bertz CT molecular complexity index is 538. The van der Waals surface area contributed by atoms with Crippen LogP contribution in [-0.2, 0) is 6.42 Å². The molecule has 0 aliphatic carbocycles. The van der Waals surface area contributed by atoms with Gasteiger partial charge >= 0.3 is 0 Å². The summed E-state index contributed by atoms with van der Waals surface area (Å²) in [5.41, 5.74) is 3.97. The Morgan fingerprint density at radius 2 is 2.00 bits per heavy atom. The minimum absolute atomic E-state index is 0.221. The van der Waals surface area contributed by atoms with Crippen molar-refractivity contribution in [1.82, 2.24) is 10.2 Å². The van der Waals surface area contributed by atoms with Crippen molar-refractivity contribution in [3.05, 3.63) is 35.4 Å². The maximum Gasteiger partial charge on any atom is 0.144 e. The van der Waals surface area contributed by atoms with Crippen molar-refractivity contribution < 1.29 is 5.11 Å². The monoisotopic (exact) mass is 224 g/mol. The van der Waals surface area contributed by atoms with E-state index in [4.69, 9.17) is 7.85 Å². The number of hydrogen-bond acceptors (Lipinski definition) is 3. The van der Waals surface area contributed by atoms with Crippen LogP contribution in [0, 0.1) is 6.92 Å². The van der Waals surface area contributed by atoms with Crippen molar-refractivity contribution in [2.24, 2.45) is 0 Å². The SMILES string of the molecule is [B]c1ccc(-c2cc(CC)c(C)cc2O)nn1. The zero-order valence-corrected chi connectivity index (χ0v) is 9.94. The van der Waals surface area contributed by atoms with Gasteiger partial charge in [0.15, 0.2) is 0 Å². The zero-order chi connectivity index (χ0) is 12.4. The molecule has 17 heavy (non-hydrogen) atoms. The first-order valence-corrected chi connectivity index (χ1v) is 5.54. The summed E-state index contributed by atoms with van der Waals surface area (Å²) in [5.74, 6) is 0.221. The van der Waals surface area contributed by atoms with E-state index >= 15 is 0 Å². The number of phenolic OH excluding ortho intramolecular Hbond substituents is 1. The van der Waals surface area contributed by atoms with Crippen LogP contribution < -0.4 is 5.59 Å². The second kappa shape index (κ2) is 4.57. The molecular formula is C13H13BN2O. The molecule has 1 aromatic heterocycles. The lowest BCUT2D eigenvalue weighted by molar-refractivity contribution is 0.476. The van der Waals surface area contributed by atoms with Crippen LogP contribution in [0.2, 0.25) is 0 Å². The molecular weight excluding hydrogens is 211 g/mol. The van der Waals surface area contributed by atoms with E-state index in [1.54, 1.807) is 18.2 Å². The predicted molar refractivity (Wildman–Crippen MR) is 68.6 cm³/mol. The molecule has 0 aliphatic rings. The smallest absolute Gasteiger partial charge is 0.144 e. The zero-order valence-electron chi connectivity index (χ0n) is 9.94. The Labute approximate surface area is 102 Å². The van der Waals surface area contributed by atoms with Gasteiger partial charge in [-0.25, -0.2) is 0 Å². The van der Waals surface area contributed by atoms with Gasteiger partial charge in [-0.1, -0.05) is 6.92 Å².